The number of carbonyl (C=O) groups is 1. The molecule has 3 rings (SSSR count). The van der Waals surface area contributed by atoms with Gasteiger partial charge < -0.3 is 0 Å². The number of ketones is 1. The normalized spacial score (nSPS) is 31.4. The van der Waals surface area contributed by atoms with E-state index in [1.807, 2.05) is 6.07 Å². The molecule has 5 heteroatoms. The van der Waals surface area contributed by atoms with Crippen LogP contribution in [0.1, 0.15) is 48.0 Å². The van der Waals surface area contributed by atoms with E-state index in [1.54, 1.807) is 0 Å². The van der Waals surface area contributed by atoms with Crippen LogP contribution in [0, 0.1) is 23.1 Å². The van der Waals surface area contributed by atoms with Crippen LogP contribution in [-0.4, -0.2) is 20.5 Å². The van der Waals surface area contributed by atoms with Gasteiger partial charge in [-0.1, -0.05) is 6.42 Å². The first kappa shape index (κ1) is 14.4. The lowest BCUT2D eigenvalue weighted by Crippen LogP contribution is -2.41. The predicted octanol–water partition coefficient (Wildman–Crippen LogP) is 2.96. The van der Waals surface area contributed by atoms with Crippen molar-refractivity contribution in [1.82, 2.24) is 0 Å². The maximum absolute atomic E-state index is 13.5. The van der Waals surface area contributed by atoms with Gasteiger partial charge >= 0.3 is 0 Å². The molecule has 0 aliphatic carbocycles. The van der Waals surface area contributed by atoms with Crippen molar-refractivity contribution in [2.75, 3.05) is 0 Å². The highest BCUT2D eigenvalue weighted by atomic mass is 32.2. The number of rotatable bonds is 2. The number of nitriles is 1. The Bertz CT molecular complexity index is 636. The van der Waals surface area contributed by atoms with Crippen molar-refractivity contribution in [1.29, 1.82) is 5.26 Å². The highest BCUT2D eigenvalue weighted by molar-refractivity contribution is 7.86. The fraction of sp³-hybridized carbons (Fsp3) is 0.500. The summed E-state index contributed by atoms with van der Waals surface area (Å²) < 4.78 is 25.6. The zero-order valence-corrected chi connectivity index (χ0v) is 12.4. The van der Waals surface area contributed by atoms with Crippen LogP contribution in [-0.2, 0) is 10.8 Å². The molecule has 0 amide bonds. The second-order valence-corrected chi connectivity index (χ2v) is 7.87. The van der Waals surface area contributed by atoms with Gasteiger partial charge in [0, 0.05) is 32.8 Å². The molecule has 21 heavy (non-hydrogen) atoms. The van der Waals surface area contributed by atoms with E-state index in [4.69, 9.17) is 5.26 Å². The van der Waals surface area contributed by atoms with Crippen LogP contribution in [0.4, 0.5) is 4.39 Å². The second-order valence-electron chi connectivity index (χ2n) is 5.88. The second kappa shape index (κ2) is 5.69. The number of halogens is 1. The average Bonchev–Trinajstić information content (AvgIpc) is 2.45. The van der Waals surface area contributed by atoms with Crippen LogP contribution in [0.25, 0.3) is 0 Å². The van der Waals surface area contributed by atoms with Gasteiger partial charge in [0.05, 0.1) is 11.6 Å². The number of benzene rings is 1. The van der Waals surface area contributed by atoms with Gasteiger partial charge in [0.25, 0.3) is 0 Å². The number of nitrogens with zero attached hydrogens (tertiary/aromatic N) is 1. The van der Waals surface area contributed by atoms with Crippen LogP contribution in [0.2, 0.25) is 0 Å². The van der Waals surface area contributed by atoms with Crippen molar-refractivity contribution >= 4 is 16.6 Å². The molecule has 1 aromatic carbocycles. The van der Waals surface area contributed by atoms with Crippen molar-refractivity contribution in [3.8, 4) is 6.07 Å². The molecule has 3 nitrogen and oxygen atoms in total. The van der Waals surface area contributed by atoms with E-state index >= 15 is 0 Å². The van der Waals surface area contributed by atoms with Gasteiger partial charge in [0.2, 0.25) is 0 Å². The number of Topliss-reactive ketones (excluding diaryl/α,β-unsaturated/α-hetero) is 1. The van der Waals surface area contributed by atoms with Gasteiger partial charge in [0.1, 0.15) is 5.82 Å². The Hall–Kier alpha value is -1.54. The summed E-state index contributed by atoms with van der Waals surface area (Å²) in [5, 5.41) is 9.09. The Morgan fingerprint density at radius 1 is 1.24 bits per heavy atom. The maximum Gasteiger partial charge on any atom is 0.166 e. The smallest absolute Gasteiger partial charge is 0.166 e. The molecule has 1 aromatic rings. The zero-order valence-electron chi connectivity index (χ0n) is 11.5. The van der Waals surface area contributed by atoms with E-state index in [-0.39, 0.29) is 33.3 Å². The molecule has 0 radical (unpaired) electrons. The predicted molar refractivity (Wildman–Crippen MR) is 77.7 cm³/mol. The van der Waals surface area contributed by atoms with Crippen LogP contribution in [0.5, 0.6) is 0 Å². The van der Waals surface area contributed by atoms with Gasteiger partial charge in [-0.2, -0.15) is 5.26 Å². The van der Waals surface area contributed by atoms with Crippen LogP contribution >= 0.6 is 0 Å². The Balaban J connectivity index is 1.84. The molecule has 2 unspecified atom stereocenters. The third kappa shape index (κ3) is 2.77. The SMILES string of the molecule is N#Cc1cc(F)cc(C(=O)C2CC3CCCC(C2)S3=O)c1. The Morgan fingerprint density at radius 3 is 2.52 bits per heavy atom. The monoisotopic (exact) mass is 305 g/mol. The molecule has 0 spiro atoms. The standard InChI is InChI=1S/C16H16FNO2S/c17-13-5-10(9-18)4-11(6-13)16(19)12-7-14-2-1-3-15(8-12)21(14)20/h4-6,12,14-15H,1-3,7-8H2. The summed E-state index contributed by atoms with van der Waals surface area (Å²) in [5.74, 6) is -0.858. The summed E-state index contributed by atoms with van der Waals surface area (Å²) in [6.07, 6.45) is 4.17. The Labute approximate surface area is 125 Å². The lowest BCUT2D eigenvalue weighted by atomic mass is 9.84. The van der Waals surface area contributed by atoms with E-state index in [9.17, 15) is 13.4 Å². The van der Waals surface area contributed by atoms with Crippen molar-refractivity contribution in [3.05, 3.63) is 35.1 Å². The molecule has 2 aliphatic heterocycles. The number of hydrogen-bond donors (Lipinski definition) is 0. The summed E-state index contributed by atoms with van der Waals surface area (Å²) in [4.78, 5) is 12.6. The van der Waals surface area contributed by atoms with E-state index in [1.165, 1.54) is 12.1 Å². The first-order valence-corrected chi connectivity index (χ1v) is 8.50. The van der Waals surface area contributed by atoms with Crippen molar-refractivity contribution in [3.63, 3.8) is 0 Å². The van der Waals surface area contributed by atoms with E-state index in [0.29, 0.717) is 12.8 Å². The third-order valence-electron chi connectivity index (χ3n) is 4.49. The average molecular weight is 305 g/mol. The molecule has 2 saturated heterocycles. The molecule has 0 saturated carbocycles. The lowest BCUT2D eigenvalue weighted by Gasteiger charge is -2.37. The summed E-state index contributed by atoms with van der Waals surface area (Å²) in [7, 11) is -0.819. The van der Waals surface area contributed by atoms with E-state index in [0.717, 1.165) is 25.3 Å². The minimum absolute atomic E-state index is 0.107. The highest BCUT2D eigenvalue weighted by Gasteiger charge is 2.40. The van der Waals surface area contributed by atoms with Gasteiger partial charge in [-0.05, 0) is 43.9 Å². The number of hydrogen-bond acceptors (Lipinski definition) is 3. The molecule has 2 atom stereocenters. The van der Waals surface area contributed by atoms with Crippen molar-refractivity contribution < 1.29 is 13.4 Å². The molecule has 0 aromatic heterocycles. The molecule has 2 aliphatic rings. The minimum Gasteiger partial charge on any atom is -0.294 e. The molecular formula is C16H16FNO2S. The van der Waals surface area contributed by atoms with Crippen molar-refractivity contribution in [2.45, 2.75) is 42.6 Å². The number of fused-ring (bicyclic) bond motifs is 2. The molecule has 2 fully saturated rings. The highest BCUT2D eigenvalue weighted by Crippen LogP contribution is 2.38. The van der Waals surface area contributed by atoms with Crippen LogP contribution < -0.4 is 0 Å². The van der Waals surface area contributed by atoms with Gasteiger partial charge in [-0.15, -0.1) is 0 Å². The molecular weight excluding hydrogens is 289 g/mol. The van der Waals surface area contributed by atoms with E-state index in [2.05, 4.69) is 0 Å². The van der Waals surface area contributed by atoms with Gasteiger partial charge in [-0.3, -0.25) is 9.00 Å². The Morgan fingerprint density at radius 2 is 1.90 bits per heavy atom. The van der Waals surface area contributed by atoms with Crippen molar-refractivity contribution in [2.24, 2.45) is 5.92 Å². The minimum atomic E-state index is -0.819. The largest absolute Gasteiger partial charge is 0.294 e. The summed E-state index contributed by atoms with van der Waals surface area (Å²) in [6.45, 7) is 0. The quantitative estimate of drug-likeness (QED) is 0.789. The van der Waals surface area contributed by atoms with Gasteiger partial charge in [-0.25, -0.2) is 4.39 Å². The van der Waals surface area contributed by atoms with Crippen LogP contribution in [0.15, 0.2) is 18.2 Å². The molecule has 0 N–H and O–H groups in total. The first-order chi connectivity index (χ1) is 10.1. The number of carbonyl (C=O) groups excluding carboxylic acids is 1. The molecule has 2 heterocycles. The Kier molecular flexibility index (Phi) is 3.90. The van der Waals surface area contributed by atoms with E-state index < -0.39 is 16.6 Å². The fourth-order valence-corrected chi connectivity index (χ4v) is 5.67. The lowest BCUT2D eigenvalue weighted by molar-refractivity contribution is 0.0895. The first-order valence-electron chi connectivity index (χ1n) is 7.23. The molecule has 2 bridgehead atoms. The fourth-order valence-electron chi connectivity index (χ4n) is 3.48. The zero-order chi connectivity index (χ0) is 15.0. The molecule has 110 valence electrons. The summed E-state index contributed by atoms with van der Waals surface area (Å²) in [6, 6.07) is 5.65. The topological polar surface area (TPSA) is 57.9 Å². The van der Waals surface area contributed by atoms with Crippen LogP contribution in [0.3, 0.4) is 0 Å². The summed E-state index contributed by atoms with van der Waals surface area (Å²) in [5.41, 5.74) is 0.431. The third-order valence-corrected chi connectivity index (χ3v) is 6.66. The maximum atomic E-state index is 13.5. The summed E-state index contributed by atoms with van der Waals surface area (Å²) >= 11 is 0. The van der Waals surface area contributed by atoms with Gasteiger partial charge in [0.15, 0.2) is 5.78 Å².